The number of benzene rings is 1. The molecule has 1 aliphatic carbocycles. The second-order valence-corrected chi connectivity index (χ2v) is 6.80. The lowest BCUT2D eigenvalue weighted by Gasteiger charge is -2.40. The normalized spacial score (nSPS) is 27.0. The second-order valence-electron chi connectivity index (χ2n) is 6.80. The van der Waals surface area contributed by atoms with Crippen LogP contribution in [0.25, 0.3) is 0 Å². The molecule has 2 aliphatic rings. The van der Waals surface area contributed by atoms with Gasteiger partial charge in [-0.15, -0.1) is 0 Å². The Balaban J connectivity index is 1.59. The first-order chi connectivity index (χ1) is 11.0. The highest BCUT2D eigenvalue weighted by molar-refractivity contribution is 5.96. The van der Waals surface area contributed by atoms with Gasteiger partial charge in [0.15, 0.2) is 0 Å². The van der Waals surface area contributed by atoms with E-state index < -0.39 is 6.04 Å². The van der Waals surface area contributed by atoms with Crippen LogP contribution in [0.2, 0.25) is 0 Å². The molecule has 2 amide bonds. The van der Waals surface area contributed by atoms with Crippen LogP contribution in [0.15, 0.2) is 18.2 Å². The Kier molecular flexibility index (Phi) is 4.66. The largest absolute Gasteiger partial charge is 0.350 e. The van der Waals surface area contributed by atoms with E-state index in [0.29, 0.717) is 6.04 Å². The second kappa shape index (κ2) is 6.71. The van der Waals surface area contributed by atoms with Gasteiger partial charge in [-0.1, -0.05) is 30.5 Å². The summed E-state index contributed by atoms with van der Waals surface area (Å²) >= 11 is 0. The first-order valence-corrected chi connectivity index (χ1v) is 8.46. The van der Waals surface area contributed by atoms with Crippen molar-refractivity contribution in [2.45, 2.75) is 64.1 Å². The van der Waals surface area contributed by atoms with Crippen molar-refractivity contribution in [1.29, 1.82) is 0 Å². The van der Waals surface area contributed by atoms with E-state index in [4.69, 9.17) is 0 Å². The summed E-state index contributed by atoms with van der Waals surface area (Å²) in [5.74, 6) is -0.178. The standard InChI is InChI=1S/C18H25N3O2/c1-11-7-8-13(12(2)9-11)20-17(22)10-16-18(23)21-15-6-4-3-5-14(15)19-16/h7-9,14-16,19H,3-6,10H2,1-2H3,(H,20,22)(H,21,23)/t14-,15+,16+/m0/s1. The van der Waals surface area contributed by atoms with Crippen molar-refractivity contribution in [3.05, 3.63) is 29.3 Å². The van der Waals surface area contributed by atoms with Crippen LogP contribution in [0.3, 0.4) is 0 Å². The Hall–Kier alpha value is -1.88. The summed E-state index contributed by atoms with van der Waals surface area (Å²) in [7, 11) is 0. The summed E-state index contributed by atoms with van der Waals surface area (Å²) in [5, 5.41) is 9.37. The van der Waals surface area contributed by atoms with E-state index in [9.17, 15) is 9.59 Å². The van der Waals surface area contributed by atoms with Crippen LogP contribution in [0.1, 0.15) is 43.2 Å². The van der Waals surface area contributed by atoms with E-state index >= 15 is 0 Å². The molecule has 1 heterocycles. The maximum Gasteiger partial charge on any atom is 0.237 e. The Morgan fingerprint density at radius 2 is 1.96 bits per heavy atom. The molecule has 3 rings (SSSR count). The summed E-state index contributed by atoms with van der Waals surface area (Å²) in [6.07, 6.45) is 4.62. The summed E-state index contributed by atoms with van der Waals surface area (Å²) in [6.45, 7) is 4.00. The number of nitrogens with one attached hydrogen (secondary N) is 3. The first kappa shape index (κ1) is 16.0. The third-order valence-electron chi connectivity index (χ3n) is 4.87. The SMILES string of the molecule is Cc1ccc(NC(=O)C[C@H]2N[C@H]3CCCC[C@H]3NC2=O)c(C)c1. The van der Waals surface area contributed by atoms with Crippen LogP contribution in [-0.4, -0.2) is 29.9 Å². The monoisotopic (exact) mass is 315 g/mol. The number of carbonyl (C=O) groups excluding carboxylic acids is 2. The molecule has 1 saturated heterocycles. The van der Waals surface area contributed by atoms with Crippen LogP contribution in [0.5, 0.6) is 0 Å². The molecular weight excluding hydrogens is 290 g/mol. The molecule has 3 N–H and O–H groups in total. The van der Waals surface area contributed by atoms with Gasteiger partial charge in [-0.05, 0) is 38.3 Å². The fourth-order valence-corrected chi connectivity index (χ4v) is 3.61. The Morgan fingerprint density at radius 1 is 1.22 bits per heavy atom. The zero-order chi connectivity index (χ0) is 16.4. The number of hydrogen-bond donors (Lipinski definition) is 3. The Bertz CT molecular complexity index is 614. The van der Waals surface area contributed by atoms with Gasteiger partial charge in [0, 0.05) is 17.8 Å². The molecule has 0 unspecified atom stereocenters. The number of anilines is 1. The Morgan fingerprint density at radius 3 is 2.70 bits per heavy atom. The smallest absolute Gasteiger partial charge is 0.237 e. The highest BCUT2D eigenvalue weighted by Crippen LogP contribution is 2.22. The molecule has 0 bridgehead atoms. The maximum absolute atomic E-state index is 12.3. The van der Waals surface area contributed by atoms with Crippen LogP contribution >= 0.6 is 0 Å². The van der Waals surface area contributed by atoms with Crippen molar-refractivity contribution < 1.29 is 9.59 Å². The van der Waals surface area contributed by atoms with E-state index in [1.807, 2.05) is 32.0 Å². The molecule has 124 valence electrons. The predicted octanol–water partition coefficient (Wildman–Crippen LogP) is 2.03. The molecule has 5 nitrogen and oxygen atoms in total. The molecule has 1 aromatic carbocycles. The van der Waals surface area contributed by atoms with E-state index in [0.717, 1.165) is 29.7 Å². The molecule has 2 fully saturated rings. The zero-order valence-electron chi connectivity index (χ0n) is 13.8. The molecular formula is C18H25N3O2. The molecule has 23 heavy (non-hydrogen) atoms. The third kappa shape index (κ3) is 3.72. The lowest BCUT2D eigenvalue weighted by Crippen LogP contribution is -2.65. The van der Waals surface area contributed by atoms with E-state index in [1.165, 1.54) is 12.8 Å². The number of hydrogen-bond acceptors (Lipinski definition) is 3. The summed E-state index contributed by atoms with van der Waals surface area (Å²) in [6, 6.07) is 6.03. The number of piperazine rings is 1. The van der Waals surface area contributed by atoms with Crippen LogP contribution in [-0.2, 0) is 9.59 Å². The van der Waals surface area contributed by atoms with Crippen LogP contribution < -0.4 is 16.0 Å². The van der Waals surface area contributed by atoms with Crippen LogP contribution in [0, 0.1) is 13.8 Å². The zero-order valence-corrected chi connectivity index (χ0v) is 13.8. The van der Waals surface area contributed by atoms with Crippen molar-refractivity contribution in [1.82, 2.24) is 10.6 Å². The van der Waals surface area contributed by atoms with Gasteiger partial charge in [-0.2, -0.15) is 0 Å². The van der Waals surface area contributed by atoms with Crippen molar-refractivity contribution in [2.75, 3.05) is 5.32 Å². The topological polar surface area (TPSA) is 70.2 Å². The lowest BCUT2D eigenvalue weighted by molar-refractivity contribution is -0.129. The molecule has 1 aromatic rings. The highest BCUT2D eigenvalue weighted by Gasteiger charge is 2.36. The highest BCUT2D eigenvalue weighted by atomic mass is 16.2. The lowest BCUT2D eigenvalue weighted by atomic mass is 9.87. The van der Waals surface area contributed by atoms with Gasteiger partial charge in [0.1, 0.15) is 0 Å². The number of rotatable bonds is 3. The number of carbonyl (C=O) groups is 2. The van der Waals surface area contributed by atoms with Gasteiger partial charge in [0.2, 0.25) is 11.8 Å². The van der Waals surface area contributed by atoms with Gasteiger partial charge in [-0.3, -0.25) is 9.59 Å². The molecule has 1 aliphatic heterocycles. The summed E-state index contributed by atoms with van der Waals surface area (Å²) in [5.41, 5.74) is 3.01. The van der Waals surface area contributed by atoms with Crippen molar-refractivity contribution in [3.8, 4) is 0 Å². The number of fused-ring (bicyclic) bond motifs is 1. The van der Waals surface area contributed by atoms with Crippen LogP contribution in [0.4, 0.5) is 5.69 Å². The predicted molar refractivity (Wildman–Crippen MR) is 90.3 cm³/mol. The molecule has 0 radical (unpaired) electrons. The van der Waals surface area contributed by atoms with E-state index in [1.54, 1.807) is 0 Å². The molecule has 5 heteroatoms. The van der Waals surface area contributed by atoms with Crippen molar-refractivity contribution >= 4 is 17.5 Å². The molecule has 0 aromatic heterocycles. The molecule has 3 atom stereocenters. The minimum atomic E-state index is -0.430. The fourth-order valence-electron chi connectivity index (χ4n) is 3.61. The van der Waals surface area contributed by atoms with E-state index in [-0.39, 0.29) is 24.3 Å². The molecule has 0 spiro atoms. The summed E-state index contributed by atoms with van der Waals surface area (Å²) in [4.78, 5) is 24.5. The molecule has 1 saturated carbocycles. The van der Waals surface area contributed by atoms with E-state index in [2.05, 4.69) is 16.0 Å². The van der Waals surface area contributed by atoms with Gasteiger partial charge < -0.3 is 16.0 Å². The first-order valence-electron chi connectivity index (χ1n) is 8.46. The Labute approximate surface area is 137 Å². The van der Waals surface area contributed by atoms with Gasteiger partial charge in [0.25, 0.3) is 0 Å². The summed E-state index contributed by atoms with van der Waals surface area (Å²) < 4.78 is 0. The minimum absolute atomic E-state index is 0.0519. The van der Waals surface area contributed by atoms with Gasteiger partial charge in [-0.25, -0.2) is 0 Å². The minimum Gasteiger partial charge on any atom is -0.350 e. The maximum atomic E-state index is 12.3. The third-order valence-corrected chi connectivity index (χ3v) is 4.87. The average Bonchev–Trinajstić information content (AvgIpc) is 2.51. The van der Waals surface area contributed by atoms with Gasteiger partial charge in [0.05, 0.1) is 12.5 Å². The quantitative estimate of drug-likeness (QED) is 0.799. The number of amides is 2. The van der Waals surface area contributed by atoms with Crippen molar-refractivity contribution in [3.63, 3.8) is 0 Å². The van der Waals surface area contributed by atoms with Gasteiger partial charge >= 0.3 is 0 Å². The van der Waals surface area contributed by atoms with Crippen molar-refractivity contribution in [2.24, 2.45) is 0 Å². The average molecular weight is 315 g/mol. The fraction of sp³-hybridized carbons (Fsp3) is 0.556. The number of aryl methyl sites for hydroxylation is 2.